The molecule has 1 N–H and O–H groups in total. The van der Waals surface area contributed by atoms with Gasteiger partial charge in [0.1, 0.15) is 0 Å². The molecular weight excluding hydrogens is 102 g/mol. The molecule has 46 valence electrons. The van der Waals surface area contributed by atoms with Crippen LogP contribution in [0.4, 0.5) is 0 Å². The van der Waals surface area contributed by atoms with E-state index < -0.39 is 0 Å². The maximum Gasteiger partial charge on any atom is 0.0741 e. The predicted molar refractivity (Wildman–Crippen MR) is 34.2 cm³/mol. The third kappa shape index (κ3) is 5.41. The third-order valence-corrected chi connectivity index (χ3v) is 0.576. The maximum absolute atomic E-state index is 8.63. The van der Waals surface area contributed by atoms with Gasteiger partial charge in [0, 0.05) is 0 Å². The Morgan fingerprint density at radius 2 is 2.50 bits per heavy atom. The van der Waals surface area contributed by atoms with Crippen molar-refractivity contribution in [2.24, 2.45) is 4.99 Å². The molecule has 1 unspecified atom stereocenters. The van der Waals surface area contributed by atoms with E-state index in [2.05, 4.69) is 10.9 Å². The Morgan fingerprint density at radius 3 is 2.88 bits per heavy atom. The minimum Gasteiger partial charge on any atom is -0.391 e. The number of aliphatic hydroxyl groups is 1. The molecule has 0 fully saturated rings. The van der Waals surface area contributed by atoms with E-state index in [4.69, 9.17) is 5.11 Å². The Morgan fingerprint density at radius 1 is 1.88 bits per heavy atom. The first-order chi connectivity index (χ1) is 3.77. The van der Waals surface area contributed by atoms with Gasteiger partial charge in [0.05, 0.1) is 12.6 Å². The highest BCUT2D eigenvalue weighted by molar-refractivity contribution is 5.50. The Kier molecular flexibility index (Phi) is 4.23. The summed E-state index contributed by atoms with van der Waals surface area (Å²) in [6.45, 7) is 3.98. The van der Waals surface area contributed by atoms with Crippen molar-refractivity contribution in [1.29, 1.82) is 0 Å². The fraction of sp³-hybridized carbons (Fsp3) is 0.667. The van der Waals surface area contributed by atoms with Crippen LogP contribution >= 0.6 is 0 Å². The van der Waals surface area contributed by atoms with Crippen molar-refractivity contribution in [3.63, 3.8) is 0 Å². The van der Waals surface area contributed by atoms with Crippen molar-refractivity contribution in [3.8, 4) is 0 Å². The molecule has 0 heterocycles. The topological polar surface area (TPSA) is 32.6 Å². The maximum atomic E-state index is 8.63. The molecule has 0 aromatic rings. The van der Waals surface area contributed by atoms with Gasteiger partial charge in [-0.2, -0.15) is 0 Å². The lowest BCUT2D eigenvalue weighted by Gasteiger charge is -1.92. The monoisotopic (exact) mass is 113 g/mol. The summed E-state index contributed by atoms with van der Waals surface area (Å²) in [4.78, 5) is 3.73. The molecule has 0 bridgehead atoms. The molecule has 0 aromatic carbocycles. The van der Waals surface area contributed by atoms with E-state index in [1.165, 1.54) is 0 Å². The van der Waals surface area contributed by atoms with Gasteiger partial charge in [-0.15, -0.1) is 0 Å². The third-order valence-electron chi connectivity index (χ3n) is 0.576. The second-order valence-electron chi connectivity index (χ2n) is 1.61. The van der Waals surface area contributed by atoms with Crippen molar-refractivity contribution in [2.75, 3.05) is 6.54 Å². The van der Waals surface area contributed by atoms with Crippen molar-refractivity contribution >= 4 is 5.87 Å². The summed E-state index contributed by atoms with van der Waals surface area (Å²) in [6.07, 6.45) is 1.37. The van der Waals surface area contributed by atoms with Crippen LogP contribution in [-0.4, -0.2) is 23.6 Å². The molecule has 0 radical (unpaired) electrons. The lowest BCUT2D eigenvalue weighted by atomic mass is 10.4. The summed E-state index contributed by atoms with van der Waals surface area (Å²) in [5.41, 5.74) is 0. The largest absolute Gasteiger partial charge is 0.391 e. The van der Waals surface area contributed by atoms with Crippen LogP contribution in [0.2, 0.25) is 0 Å². The highest BCUT2D eigenvalue weighted by Gasteiger charge is 1.86. The first kappa shape index (κ1) is 7.41. The van der Waals surface area contributed by atoms with E-state index in [-0.39, 0.29) is 6.10 Å². The molecular formula is C6H11NO. The van der Waals surface area contributed by atoms with E-state index in [1.807, 2.05) is 6.92 Å². The molecule has 0 aliphatic carbocycles. The fourth-order valence-corrected chi connectivity index (χ4v) is 0.276. The number of allylic oxidation sites excluding steroid dienone is 1. The van der Waals surface area contributed by atoms with Gasteiger partial charge in [-0.05, 0) is 25.8 Å². The second kappa shape index (κ2) is 4.57. The minimum atomic E-state index is -0.345. The van der Waals surface area contributed by atoms with Crippen LogP contribution in [0.25, 0.3) is 0 Å². The van der Waals surface area contributed by atoms with Crippen molar-refractivity contribution < 1.29 is 5.11 Å². The molecule has 0 amide bonds. The molecule has 0 rings (SSSR count). The van der Waals surface area contributed by atoms with Crippen LogP contribution in [0, 0.1) is 0 Å². The SMILES string of the molecule is CC=C=NCC(C)O. The average Bonchev–Trinajstić information content (AvgIpc) is 1.66. The van der Waals surface area contributed by atoms with Crippen molar-refractivity contribution in [2.45, 2.75) is 20.0 Å². The van der Waals surface area contributed by atoms with Crippen LogP contribution in [0.5, 0.6) is 0 Å². The summed E-state index contributed by atoms with van der Waals surface area (Å²) in [5.74, 6) is 2.62. The molecule has 0 aromatic heterocycles. The van der Waals surface area contributed by atoms with Crippen molar-refractivity contribution in [1.82, 2.24) is 0 Å². The molecule has 0 saturated carbocycles. The van der Waals surface area contributed by atoms with Crippen LogP contribution in [-0.2, 0) is 0 Å². The fourth-order valence-electron chi connectivity index (χ4n) is 0.276. The molecule has 0 aliphatic heterocycles. The Hall–Kier alpha value is -0.590. The summed E-state index contributed by atoms with van der Waals surface area (Å²) in [6, 6.07) is 0. The van der Waals surface area contributed by atoms with Crippen LogP contribution in [0.1, 0.15) is 13.8 Å². The number of rotatable bonds is 2. The first-order valence-electron chi connectivity index (χ1n) is 2.65. The minimum absolute atomic E-state index is 0.345. The van der Waals surface area contributed by atoms with Gasteiger partial charge in [0.25, 0.3) is 0 Å². The van der Waals surface area contributed by atoms with Gasteiger partial charge in [-0.25, -0.2) is 4.99 Å². The number of hydrogen-bond donors (Lipinski definition) is 1. The number of nitrogens with zero attached hydrogens (tertiary/aromatic N) is 1. The second-order valence-corrected chi connectivity index (χ2v) is 1.61. The van der Waals surface area contributed by atoms with E-state index in [1.54, 1.807) is 13.0 Å². The van der Waals surface area contributed by atoms with Crippen LogP contribution in [0.3, 0.4) is 0 Å². The van der Waals surface area contributed by atoms with Gasteiger partial charge < -0.3 is 5.11 Å². The molecule has 1 atom stereocenters. The zero-order valence-electron chi connectivity index (χ0n) is 5.26. The van der Waals surface area contributed by atoms with E-state index in [0.717, 1.165) is 0 Å². The molecule has 0 saturated heterocycles. The Balaban J connectivity index is 3.30. The summed E-state index contributed by atoms with van der Waals surface area (Å²) < 4.78 is 0. The number of aliphatic imine (C=N–C) groups is 1. The first-order valence-corrected chi connectivity index (χ1v) is 2.65. The zero-order valence-corrected chi connectivity index (χ0v) is 5.26. The van der Waals surface area contributed by atoms with Gasteiger partial charge in [-0.3, -0.25) is 0 Å². The quantitative estimate of drug-likeness (QED) is 0.523. The van der Waals surface area contributed by atoms with E-state index >= 15 is 0 Å². The van der Waals surface area contributed by atoms with E-state index in [9.17, 15) is 0 Å². The van der Waals surface area contributed by atoms with Crippen molar-refractivity contribution in [3.05, 3.63) is 6.08 Å². The molecule has 0 spiro atoms. The lowest BCUT2D eigenvalue weighted by Crippen LogP contribution is -2.02. The summed E-state index contributed by atoms with van der Waals surface area (Å²) >= 11 is 0. The van der Waals surface area contributed by atoms with Crippen LogP contribution in [0.15, 0.2) is 11.1 Å². The normalized spacial score (nSPS) is 11.9. The molecule has 8 heavy (non-hydrogen) atoms. The van der Waals surface area contributed by atoms with Crippen LogP contribution < -0.4 is 0 Å². The highest BCUT2D eigenvalue weighted by atomic mass is 16.3. The lowest BCUT2D eigenvalue weighted by molar-refractivity contribution is 0.204. The molecule has 2 heteroatoms. The van der Waals surface area contributed by atoms with Gasteiger partial charge in [-0.1, -0.05) is 0 Å². The van der Waals surface area contributed by atoms with E-state index in [0.29, 0.717) is 6.54 Å². The summed E-state index contributed by atoms with van der Waals surface area (Å²) in [7, 11) is 0. The van der Waals surface area contributed by atoms with Gasteiger partial charge in [0.15, 0.2) is 0 Å². The Labute approximate surface area is 49.6 Å². The Bertz CT molecular complexity index is 101. The molecule has 2 nitrogen and oxygen atoms in total. The number of aliphatic hydroxyl groups excluding tert-OH is 1. The average molecular weight is 113 g/mol. The zero-order chi connectivity index (χ0) is 6.41. The molecule has 0 aliphatic rings. The number of hydrogen-bond acceptors (Lipinski definition) is 2. The smallest absolute Gasteiger partial charge is 0.0741 e. The van der Waals surface area contributed by atoms with Gasteiger partial charge in [0.2, 0.25) is 0 Å². The predicted octanol–water partition coefficient (Wildman–Crippen LogP) is 0.613. The van der Waals surface area contributed by atoms with Gasteiger partial charge >= 0.3 is 0 Å². The summed E-state index contributed by atoms with van der Waals surface area (Å²) in [5, 5.41) is 8.63. The highest BCUT2D eigenvalue weighted by Crippen LogP contribution is 1.76. The standard InChI is InChI=1S/C6H11NO/c1-3-4-7-5-6(2)8/h3,6,8H,5H2,1-2H3.